The van der Waals surface area contributed by atoms with Gasteiger partial charge in [-0.2, -0.15) is 11.8 Å². The molecule has 29 heavy (non-hydrogen) atoms. The number of fused-ring (bicyclic) bond motifs is 1. The highest BCUT2D eigenvalue weighted by molar-refractivity contribution is 7.99. The van der Waals surface area contributed by atoms with Crippen molar-refractivity contribution in [1.82, 2.24) is 16.2 Å². The summed E-state index contributed by atoms with van der Waals surface area (Å²) in [6, 6.07) is 7.60. The van der Waals surface area contributed by atoms with Crippen LogP contribution >= 0.6 is 11.8 Å². The van der Waals surface area contributed by atoms with E-state index < -0.39 is 17.7 Å². The van der Waals surface area contributed by atoms with E-state index in [2.05, 4.69) is 16.2 Å². The number of hydrazine groups is 1. The van der Waals surface area contributed by atoms with Gasteiger partial charge in [-0.15, -0.1) is 0 Å². The van der Waals surface area contributed by atoms with E-state index in [1.54, 1.807) is 0 Å². The van der Waals surface area contributed by atoms with Crippen molar-refractivity contribution >= 4 is 40.5 Å². The van der Waals surface area contributed by atoms with Crippen LogP contribution < -0.4 is 16.2 Å². The molecule has 2 aliphatic rings. The molecule has 0 saturated heterocycles. The fraction of sp³-hybridized carbons (Fsp3) is 0.476. The van der Waals surface area contributed by atoms with Gasteiger partial charge in [0.2, 0.25) is 0 Å². The van der Waals surface area contributed by atoms with Crippen LogP contribution in [-0.2, 0) is 15.3 Å². The predicted octanol–water partition coefficient (Wildman–Crippen LogP) is 3.04. The van der Waals surface area contributed by atoms with Crippen LogP contribution in [0.25, 0.3) is 11.0 Å². The number of carbonyl (C=O) groups excluding carboxylic acids is 3. The number of carbonyl (C=O) groups is 3. The van der Waals surface area contributed by atoms with Crippen molar-refractivity contribution in [1.29, 1.82) is 0 Å². The first-order valence-electron chi connectivity index (χ1n) is 10.1. The second-order valence-electron chi connectivity index (χ2n) is 7.63. The number of hydrogen-bond acceptors (Lipinski definition) is 5. The van der Waals surface area contributed by atoms with Gasteiger partial charge in [0.05, 0.1) is 0 Å². The quantitative estimate of drug-likeness (QED) is 0.515. The minimum Gasteiger partial charge on any atom is -0.451 e. The minimum absolute atomic E-state index is 0.0720. The van der Waals surface area contributed by atoms with Crippen LogP contribution in [-0.4, -0.2) is 29.0 Å². The van der Waals surface area contributed by atoms with Crippen molar-refractivity contribution in [2.24, 2.45) is 0 Å². The third-order valence-corrected chi connectivity index (χ3v) is 6.73. The predicted molar refractivity (Wildman–Crippen MR) is 111 cm³/mol. The summed E-state index contributed by atoms with van der Waals surface area (Å²) in [6.07, 6.45) is 7.98. The van der Waals surface area contributed by atoms with Gasteiger partial charge in [-0.05, 0) is 31.7 Å². The Kier molecular flexibility index (Phi) is 6.08. The molecule has 0 radical (unpaired) electrons. The Morgan fingerprint density at radius 2 is 1.72 bits per heavy atom. The lowest BCUT2D eigenvalue weighted by molar-refractivity contribution is -0.139. The zero-order valence-corrected chi connectivity index (χ0v) is 17.0. The maximum Gasteiger partial charge on any atom is 0.327 e. The fourth-order valence-electron chi connectivity index (χ4n) is 3.56. The summed E-state index contributed by atoms with van der Waals surface area (Å²) in [5, 5.41) is 4.08. The van der Waals surface area contributed by atoms with Crippen LogP contribution in [0.15, 0.2) is 28.7 Å². The zero-order valence-electron chi connectivity index (χ0n) is 16.2. The zero-order chi connectivity index (χ0) is 20.2. The topological polar surface area (TPSA) is 100 Å². The van der Waals surface area contributed by atoms with Gasteiger partial charge in [0.25, 0.3) is 0 Å². The molecule has 0 atom stereocenters. The van der Waals surface area contributed by atoms with Crippen molar-refractivity contribution in [2.75, 3.05) is 0 Å². The second-order valence-corrected chi connectivity index (χ2v) is 8.92. The van der Waals surface area contributed by atoms with E-state index in [9.17, 15) is 14.4 Å². The highest BCUT2D eigenvalue weighted by atomic mass is 32.2. The Morgan fingerprint density at radius 3 is 2.48 bits per heavy atom. The van der Waals surface area contributed by atoms with Gasteiger partial charge in [0, 0.05) is 28.0 Å². The van der Waals surface area contributed by atoms with Crippen molar-refractivity contribution < 1.29 is 18.8 Å². The summed E-state index contributed by atoms with van der Waals surface area (Å²) in [5.41, 5.74) is 5.94. The highest BCUT2D eigenvalue weighted by Crippen LogP contribution is 2.34. The fourth-order valence-corrected chi connectivity index (χ4v) is 4.92. The molecule has 3 N–H and O–H groups in total. The Balaban J connectivity index is 1.44. The van der Waals surface area contributed by atoms with Gasteiger partial charge in [0.1, 0.15) is 5.58 Å². The summed E-state index contributed by atoms with van der Waals surface area (Å²) < 4.78 is 5.79. The molecule has 1 aromatic carbocycles. The third-order valence-electron chi connectivity index (χ3n) is 5.33. The average molecular weight is 416 g/mol. The maximum absolute atomic E-state index is 12.7. The van der Waals surface area contributed by atoms with Crippen LogP contribution in [0.4, 0.5) is 0 Å². The first-order valence-corrected chi connectivity index (χ1v) is 11.2. The molecular weight excluding hydrogens is 390 g/mol. The molecular formula is C21H25N3O4S. The van der Waals surface area contributed by atoms with Crippen LogP contribution in [0.5, 0.6) is 0 Å². The molecule has 2 aliphatic carbocycles. The standard InChI is InChI=1S/C21H25N3O4S/c25-19(23-24-21(27)20(26)22-13-10-11-13)18-16(12-29-14-6-2-1-3-7-14)15-8-4-5-9-17(15)28-18/h4-5,8-9,13-14H,1-3,6-7,10-12H2,(H,22,26)(H,23,25)(H,24,27). The van der Waals surface area contributed by atoms with E-state index in [0.717, 1.165) is 23.8 Å². The molecule has 0 spiro atoms. The van der Waals surface area contributed by atoms with Gasteiger partial charge >= 0.3 is 17.7 Å². The number of rotatable bonds is 5. The molecule has 0 aliphatic heterocycles. The van der Waals surface area contributed by atoms with E-state index in [-0.39, 0.29) is 11.8 Å². The van der Waals surface area contributed by atoms with Crippen molar-refractivity contribution in [3.05, 3.63) is 35.6 Å². The summed E-state index contributed by atoms with van der Waals surface area (Å²) in [5.74, 6) is -1.35. The van der Waals surface area contributed by atoms with Crippen molar-refractivity contribution in [3.8, 4) is 0 Å². The van der Waals surface area contributed by atoms with Crippen LogP contribution in [0.1, 0.15) is 61.1 Å². The van der Waals surface area contributed by atoms with E-state index in [1.165, 1.54) is 32.1 Å². The summed E-state index contributed by atoms with van der Waals surface area (Å²) in [4.78, 5) is 36.3. The number of para-hydroxylation sites is 1. The molecule has 1 aromatic heterocycles. The van der Waals surface area contributed by atoms with Gasteiger partial charge in [-0.1, -0.05) is 37.5 Å². The van der Waals surface area contributed by atoms with Crippen LogP contribution in [0, 0.1) is 0 Å². The molecule has 7 nitrogen and oxygen atoms in total. The molecule has 2 aromatic rings. The Hall–Kier alpha value is -2.48. The average Bonchev–Trinajstić information content (AvgIpc) is 3.48. The van der Waals surface area contributed by atoms with E-state index in [1.807, 2.05) is 36.0 Å². The minimum atomic E-state index is -0.889. The SMILES string of the molecule is O=C(NNC(=O)c1oc2ccccc2c1CSC1CCCCC1)C(=O)NC1CC1. The normalized spacial score (nSPS) is 17.1. The number of nitrogens with one attached hydrogen (secondary N) is 3. The lowest BCUT2D eigenvalue weighted by atomic mass is 10.0. The van der Waals surface area contributed by atoms with E-state index in [0.29, 0.717) is 16.6 Å². The molecule has 1 heterocycles. The highest BCUT2D eigenvalue weighted by Gasteiger charge is 2.27. The summed E-state index contributed by atoms with van der Waals surface area (Å²) in [7, 11) is 0. The Labute approximate surface area is 173 Å². The Bertz CT molecular complexity index is 916. The van der Waals surface area contributed by atoms with Gasteiger partial charge < -0.3 is 9.73 Å². The lowest BCUT2D eigenvalue weighted by Gasteiger charge is -2.20. The number of thioether (sulfide) groups is 1. The molecule has 2 saturated carbocycles. The second kappa shape index (κ2) is 8.90. The number of hydrogen-bond donors (Lipinski definition) is 3. The van der Waals surface area contributed by atoms with Crippen molar-refractivity contribution in [3.63, 3.8) is 0 Å². The molecule has 4 rings (SSSR count). The van der Waals surface area contributed by atoms with E-state index >= 15 is 0 Å². The molecule has 154 valence electrons. The van der Waals surface area contributed by atoms with Crippen molar-refractivity contribution in [2.45, 2.75) is 62.0 Å². The van der Waals surface area contributed by atoms with Crippen LogP contribution in [0.3, 0.4) is 0 Å². The lowest BCUT2D eigenvalue weighted by Crippen LogP contribution is -2.49. The Morgan fingerprint density at radius 1 is 0.966 bits per heavy atom. The molecule has 2 fully saturated rings. The van der Waals surface area contributed by atoms with Gasteiger partial charge in [-0.3, -0.25) is 25.2 Å². The maximum atomic E-state index is 12.7. The molecule has 3 amide bonds. The number of furan rings is 1. The van der Waals surface area contributed by atoms with Gasteiger partial charge in [0.15, 0.2) is 5.76 Å². The largest absolute Gasteiger partial charge is 0.451 e. The number of amides is 3. The number of benzene rings is 1. The first kappa shape index (κ1) is 19.8. The van der Waals surface area contributed by atoms with Crippen LogP contribution in [0.2, 0.25) is 0 Å². The molecule has 8 heteroatoms. The smallest absolute Gasteiger partial charge is 0.327 e. The molecule has 0 unspecified atom stereocenters. The first-order chi connectivity index (χ1) is 14.1. The third kappa shape index (κ3) is 4.93. The summed E-state index contributed by atoms with van der Waals surface area (Å²) in [6.45, 7) is 0. The van der Waals surface area contributed by atoms with Gasteiger partial charge in [-0.25, -0.2) is 0 Å². The monoisotopic (exact) mass is 415 g/mol. The molecule has 0 bridgehead atoms. The van der Waals surface area contributed by atoms with E-state index in [4.69, 9.17) is 4.42 Å². The summed E-state index contributed by atoms with van der Waals surface area (Å²) >= 11 is 1.85.